The summed E-state index contributed by atoms with van der Waals surface area (Å²) in [6.07, 6.45) is 5.53. The first-order valence-electron chi connectivity index (χ1n) is 9.36. The van der Waals surface area contributed by atoms with Crippen molar-refractivity contribution in [1.82, 2.24) is 4.90 Å². The number of piperidine rings is 1. The van der Waals surface area contributed by atoms with E-state index in [1.165, 1.54) is 10.6 Å². The Hall–Kier alpha value is -1.76. The van der Waals surface area contributed by atoms with Gasteiger partial charge in [0, 0.05) is 25.6 Å². The number of hydrogen-bond acceptors (Lipinski definition) is 4. The first-order chi connectivity index (χ1) is 12.4. The van der Waals surface area contributed by atoms with E-state index in [4.69, 9.17) is 4.74 Å². The van der Waals surface area contributed by atoms with Crippen LogP contribution in [0.2, 0.25) is 0 Å². The molecule has 1 fully saturated rings. The lowest BCUT2D eigenvalue weighted by atomic mass is 9.99. The molecule has 0 aliphatic carbocycles. The largest absolute Gasteiger partial charge is 0.494 e. The van der Waals surface area contributed by atoms with E-state index in [9.17, 15) is 13.2 Å². The van der Waals surface area contributed by atoms with Gasteiger partial charge < -0.3 is 9.64 Å². The zero-order valence-electron chi connectivity index (χ0n) is 16.0. The summed E-state index contributed by atoms with van der Waals surface area (Å²) in [5, 5.41) is 0. The quantitative estimate of drug-likeness (QED) is 0.693. The third-order valence-corrected chi connectivity index (χ3v) is 5.98. The van der Waals surface area contributed by atoms with Crippen molar-refractivity contribution in [1.29, 1.82) is 0 Å². The number of carbonyl (C=O) groups is 1. The molecule has 0 saturated carbocycles. The molecule has 0 spiro atoms. The number of nitrogens with zero attached hydrogens (tertiary/aromatic N) is 2. The van der Waals surface area contributed by atoms with Crippen molar-refractivity contribution in [2.75, 3.05) is 30.3 Å². The van der Waals surface area contributed by atoms with Gasteiger partial charge >= 0.3 is 0 Å². The van der Waals surface area contributed by atoms with Crippen LogP contribution in [0.4, 0.5) is 5.69 Å². The molecule has 6 nitrogen and oxygen atoms in total. The smallest absolute Gasteiger partial charge is 0.232 e. The minimum absolute atomic E-state index is 0.0381. The van der Waals surface area contributed by atoms with Crippen molar-refractivity contribution < 1.29 is 17.9 Å². The molecule has 1 aromatic rings. The van der Waals surface area contributed by atoms with Crippen LogP contribution in [0.15, 0.2) is 24.3 Å². The van der Waals surface area contributed by atoms with Gasteiger partial charge in [0.05, 0.1) is 18.6 Å². The van der Waals surface area contributed by atoms with Crippen molar-refractivity contribution in [3.05, 3.63) is 24.3 Å². The Morgan fingerprint density at radius 2 is 1.92 bits per heavy atom. The average Bonchev–Trinajstić information content (AvgIpc) is 2.62. The molecule has 26 heavy (non-hydrogen) atoms. The molecule has 146 valence electrons. The van der Waals surface area contributed by atoms with Crippen molar-refractivity contribution in [3.8, 4) is 5.75 Å². The van der Waals surface area contributed by atoms with Crippen molar-refractivity contribution >= 4 is 21.6 Å². The third kappa shape index (κ3) is 5.37. The molecule has 1 unspecified atom stereocenters. The molecule has 2 rings (SSSR count). The lowest BCUT2D eigenvalue weighted by molar-refractivity contribution is -0.134. The number of anilines is 1. The number of rotatable bonds is 8. The molecule has 7 heteroatoms. The van der Waals surface area contributed by atoms with Crippen LogP contribution < -0.4 is 9.04 Å². The summed E-state index contributed by atoms with van der Waals surface area (Å²) < 4.78 is 31.1. The van der Waals surface area contributed by atoms with E-state index in [0.29, 0.717) is 18.0 Å². The molecule has 1 amide bonds. The Bertz CT molecular complexity index is 688. The van der Waals surface area contributed by atoms with Crippen LogP contribution in [-0.4, -0.2) is 51.2 Å². The normalized spacial score (nSPS) is 17.8. The van der Waals surface area contributed by atoms with E-state index >= 15 is 0 Å². The van der Waals surface area contributed by atoms with E-state index < -0.39 is 10.0 Å². The number of ether oxygens (including phenoxy) is 1. The van der Waals surface area contributed by atoms with Gasteiger partial charge in [-0.3, -0.25) is 9.10 Å². The summed E-state index contributed by atoms with van der Waals surface area (Å²) in [5.74, 6) is 0.732. The highest BCUT2D eigenvalue weighted by atomic mass is 32.2. The van der Waals surface area contributed by atoms with Gasteiger partial charge in [0.25, 0.3) is 0 Å². The van der Waals surface area contributed by atoms with Crippen LogP contribution in [0.1, 0.15) is 46.0 Å². The minimum atomic E-state index is -3.47. The first-order valence-corrected chi connectivity index (χ1v) is 11.2. The predicted molar refractivity (Wildman–Crippen MR) is 104 cm³/mol. The zero-order chi connectivity index (χ0) is 19.2. The monoisotopic (exact) mass is 382 g/mol. The molecule has 0 aromatic heterocycles. The lowest BCUT2D eigenvalue weighted by Gasteiger charge is -2.36. The highest BCUT2D eigenvalue weighted by Gasteiger charge is 2.26. The zero-order valence-corrected chi connectivity index (χ0v) is 16.8. The van der Waals surface area contributed by atoms with Gasteiger partial charge in [0.15, 0.2) is 0 Å². The molecule has 1 aromatic carbocycles. The van der Waals surface area contributed by atoms with E-state index in [1.807, 2.05) is 11.8 Å². The summed E-state index contributed by atoms with van der Waals surface area (Å²) in [5.41, 5.74) is 0.550. The van der Waals surface area contributed by atoms with E-state index in [0.717, 1.165) is 32.2 Å². The highest BCUT2D eigenvalue weighted by molar-refractivity contribution is 7.92. The van der Waals surface area contributed by atoms with E-state index in [2.05, 4.69) is 6.92 Å². The fraction of sp³-hybridized carbons (Fsp3) is 0.632. The summed E-state index contributed by atoms with van der Waals surface area (Å²) in [6.45, 7) is 5.47. The average molecular weight is 383 g/mol. The molecule has 1 aliphatic heterocycles. The van der Waals surface area contributed by atoms with Crippen molar-refractivity contribution in [3.63, 3.8) is 0 Å². The molecule has 0 radical (unpaired) electrons. The molecule has 1 heterocycles. The van der Waals surface area contributed by atoms with E-state index in [1.54, 1.807) is 24.3 Å². The van der Waals surface area contributed by atoms with Crippen molar-refractivity contribution in [2.24, 2.45) is 0 Å². The Balaban J connectivity index is 2.07. The second-order valence-electron chi connectivity index (χ2n) is 6.66. The summed E-state index contributed by atoms with van der Waals surface area (Å²) in [7, 11) is -3.47. The number of benzene rings is 1. The maximum atomic E-state index is 12.7. The Labute approximate surface area is 157 Å². The number of sulfonamides is 1. The highest BCUT2D eigenvalue weighted by Crippen LogP contribution is 2.24. The summed E-state index contributed by atoms with van der Waals surface area (Å²) in [4.78, 5) is 14.6. The van der Waals surface area contributed by atoms with Crippen molar-refractivity contribution in [2.45, 2.75) is 52.0 Å². The fourth-order valence-electron chi connectivity index (χ4n) is 3.46. The summed E-state index contributed by atoms with van der Waals surface area (Å²) >= 11 is 0. The van der Waals surface area contributed by atoms with Crippen LogP contribution in [0.5, 0.6) is 5.75 Å². The van der Waals surface area contributed by atoms with Gasteiger partial charge in [-0.15, -0.1) is 0 Å². The van der Waals surface area contributed by atoms with Crippen LogP contribution >= 0.6 is 0 Å². The molecular formula is C19H30N2O4S. The molecular weight excluding hydrogens is 352 g/mol. The SMILES string of the molecule is CCOc1ccc(N(CCC(=O)N2CCCCC2CC)S(C)(=O)=O)cc1. The maximum absolute atomic E-state index is 12.7. The van der Waals surface area contributed by atoms with Gasteiger partial charge in [-0.2, -0.15) is 0 Å². The number of hydrogen-bond donors (Lipinski definition) is 0. The maximum Gasteiger partial charge on any atom is 0.232 e. The second kappa shape index (κ2) is 9.26. The Morgan fingerprint density at radius 3 is 2.50 bits per heavy atom. The topological polar surface area (TPSA) is 66.9 Å². The van der Waals surface area contributed by atoms with Gasteiger partial charge in [-0.05, 0) is 56.9 Å². The predicted octanol–water partition coefficient (Wildman–Crippen LogP) is 3.03. The summed E-state index contributed by atoms with van der Waals surface area (Å²) in [6, 6.07) is 7.21. The van der Waals surface area contributed by atoms with Crippen LogP contribution in [0, 0.1) is 0 Å². The Morgan fingerprint density at radius 1 is 1.23 bits per heavy atom. The number of likely N-dealkylation sites (tertiary alicyclic amines) is 1. The van der Waals surface area contributed by atoms with Gasteiger partial charge in [-0.1, -0.05) is 6.92 Å². The molecule has 0 N–H and O–H groups in total. The second-order valence-corrected chi connectivity index (χ2v) is 8.56. The van der Waals surface area contributed by atoms with Crippen LogP contribution in [0.3, 0.4) is 0 Å². The molecule has 1 atom stereocenters. The molecule has 1 saturated heterocycles. The molecule has 0 bridgehead atoms. The standard InChI is InChI=1S/C19H30N2O4S/c1-4-16-8-6-7-14-20(16)19(22)13-15-21(26(3,23)24)17-9-11-18(12-10-17)25-5-2/h9-12,16H,4-8,13-15H2,1-3H3. The minimum Gasteiger partial charge on any atom is -0.494 e. The Kier molecular flexibility index (Phi) is 7.32. The van der Waals surface area contributed by atoms with Crippen LogP contribution in [-0.2, 0) is 14.8 Å². The fourth-order valence-corrected chi connectivity index (χ4v) is 4.38. The number of carbonyl (C=O) groups excluding carboxylic acids is 1. The van der Waals surface area contributed by atoms with E-state index in [-0.39, 0.29) is 24.9 Å². The number of amides is 1. The first kappa shape index (κ1) is 20.6. The van der Waals surface area contributed by atoms with Gasteiger partial charge in [0.1, 0.15) is 5.75 Å². The van der Waals surface area contributed by atoms with Gasteiger partial charge in [0.2, 0.25) is 15.9 Å². The van der Waals surface area contributed by atoms with Crippen LogP contribution in [0.25, 0.3) is 0 Å². The third-order valence-electron chi connectivity index (χ3n) is 4.78. The molecule has 1 aliphatic rings. The lowest BCUT2D eigenvalue weighted by Crippen LogP contribution is -2.44. The van der Waals surface area contributed by atoms with Gasteiger partial charge in [-0.25, -0.2) is 8.42 Å².